The van der Waals surface area contributed by atoms with Crippen LogP contribution in [-0.2, 0) is 10.0 Å². The topological polar surface area (TPSA) is 102 Å². The minimum Gasteiger partial charge on any atom is -0.477 e. The summed E-state index contributed by atoms with van der Waals surface area (Å²) in [5, 5.41) is 9.19. The highest BCUT2D eigenvalue weighted by Crippen LogP contribution is 2.28. The molecule has 2 aromatic heterocycles. The van der Waals surface area contributed by atoms with Gasteiger partial charge in [0.1, 0.15) is 17.5 Å². The fourth-order valence-electron chi connectivity index (χ4n) is 2.19. The predicted octanol–water partition coefficient (Wildman–Crippen LogP) is 2.33. The summed E-state index contributed by atoms with van der Waals surface area (Å²) in [7, 11) is -4.17. The van der Waals surface area contributed by atoms with Crippen LogP contribution in [0.2, 0.25) is 5.15 Å². The van der Waals surface area contributed by atoms with Gasteiger partial charge in [-0.25, -0.2) is 27.2 Å². The zero-order valence-corrected chi connectivity index (χ0v) is 13.3. The summed E-state index contributed by atoms with van der Waals surface area (Å²) in [4.78, 5) is 19.0. The lowest BCUT2D eigenvalue weighted by molar-refractivity contribution is 0.0689. The maximum atomic E-state index is 12.9. The monoisotopic (exact) mass is 351 g/mol. The summed E-state index contributed by atoms with van der Waals surface area (Å²) in [6.07, 6.45) is 1.14. The van der Waals surface area contributed by atoms with E-state index in [9.17, 15) is 18.3 Å². The van der Waals surface area contributed by atoms with E-state index in [1.165, 1.54) is 12.1 Å². The molecule has 0 unspecified atom stereocenters. The number of carboxylic acids is 1. The summed E-state index contributed by atoms with van der Waals surface area (Å²) < 4.78 is 26.4. The zero-order valence-electron chi connectivity index (χ0n) is 11.8. The van der Waals surface area contributed by atoms with Crippen LogP contribution in [-0.4, -0.2) is 33.4 Å². The molecule has 7 nitrogen and oxygen atoms in total. The third kappa shape index (κ3) is 2.45. The number of hydrogen-bond donors (Lipinski definition) is 1. The standard InChI is InChI=1S/C14H10ClN3O4S/c1-8-2-4-9(5-3-8)23(21,22)18-11(14(19)20)6-10-12(18)13(15)17-7-16-10/h2-7H,1H3,(H,19,20). The number of benzene rings is 1. The molecule has 23 heavy (non-hydrogen) atoms. The van der Waals surface area contributed by atoms with Crippen LogP contribution in [0.25, 0.3) is 11.0 Å². The Bertz CT molecular complexity index is 1030. The van der Waals surface area contributed by atoms with Crippen LogP contribution >= 0.6 is 11.6 Å². The predicted molar refractivity (Wildman–Crippen MR) is 83.3 cm³/mol. The Morgan fingerprint density at radius 3 is 2.48 bits per heavy atom. The molecule has 0 spiro atoms. The Morgan fingerprint density at radius 1 is 1.22 bits per heavy atom. The highest BCUT2D eigenvalue weighted by Gasteiger charge is 2.28. The van der Waals surface area contributed by atoms with Crippen LogP contribution < -0.4 is 0 Å². The summed E-state index contributed by atoms with van der Waals surface area (Å²) in [6, 6.07) is 7.20. The van der Waals surface area contributed by atoms with Gasteiger partial charge in [0.05, 0.1) is 10.4 Å². The first-order chi connectivity index (χ1) is 10.8. The summed E-state index contributed by atoms with van der Waals surface area (Å²) in [6.45, 7) is 1.81. The largest absolute Gasteiger partial charge is 0.477 e. The van der Waals surface area contributed by atoms with Crippen molar-refractivity contribution in [2.24, 2.45) is 0 Å². The van der Waals surface area contributed by atoms with Crippen molar-refractivity contribution in [3.05, 3.63) is 53.1 Å². The van der Waals surface area contributed by atoms with Gasteiger partial charge in [0, 0.05) is 0 Å². The average Bonchev–Trinajstić information content (AvgIpc) is 2.89. The lowest BCUT2D eigenvalue weighted by atomic mass is 10.2. The second kappa shape index (κ2) is 5.32. The minimum absolute atomic E-state index is 0.0528. The van der Waals surface area contributed by atoms with Crippen molar-refractivity contribution in [2.45, 2.75) is 11.8 Å². The lowest BCUT2D eigenvalue weighted by Crippen LogP contribution is -2.18. The Hall–Kier alpha value is -2.45. The molecule has 1 N–H and O–H groups in total. The normalized spacial score (nSPS) is 11.7. The fraction of sp³-hybridized carbons (Fsp3) is 0.0714. The van der Waals surface area contributed by atoms with Crippen LogP contribution in [0.4, 0.5) is 0 Å². The van der Waals surface area contributed by atoms with Crippen molar-refractivity contribution >= 4 is 38.6 Å². The van der Waals surface area contributed by atoms with E-state index < -0.39 is 21.7 Å². The molecule has 118 valence electrons. The van der Waals surface area contributed by atoms with Crippen LogP contribution in [0.5, 0.6) is 0 Å². The molecular weight excluding hydrogens is 342 g/mol. The lowest BCUT2D eigenvalue weighted by Gasteiger charge is -2.10. The van der Waals surface area contributed by atoms with Gasteiger partial charge in [-0.3, -0.25) is 0 Å². The first kappa shape index (κ1) is 15.4. The van der Waals surface area contributed by atoms with E-state index in [0.29, 0.717) is 3.97 Å². The molecule has 0 fully saturated rings. The number of fused-ring (bicyclic) bond motifs is 1. The van der Waals surface area contributed by atoms with Crippen molar-refractivity contribution in [3.8, 4) is 0 Å². The van der Waals surface area contributed by atoms with E-state index in [1.54, 1.807) is 12.1 Å². The number of rotatable bonds is 3. The number of hydrogen-bond acceptors (Lipinski definition) is 5. The molecule has 1 aromatic carbocycles. The number of aryl methyl sites for hydroxylation is 1. The van der Waals surface area contributed by atoms with E-state index in [-0.39, 0.29) is 21.1 Å². The van der Waals surface area contributed by atoms with Crippen molar-refractivity contribution in [1.82, 2.24) is 13.9 Å². The van der Waals surface area contributed by atoms with Gasteiger partial charge in [0.25, 0.3) is 10.0 Å². The van der Waals surface area contributed by atoms with E-state index in [4.69, 9.17) is 11.6 Å². The first-order valence-corrected chi connectivity index (χ1v) is 8.21. The quantitative estimate of drug-likeness (QED) is 0.726. The van der Waals surface area contributed by atoms with Gasteiger partial charge in [-0.05, 0) is 25.1 Å². The van der Waals surface area contributed by atoms with E-state index in [1.807, 2.05) is 6.92 Å². The molecule has 2 heterocycles. The van der Waals surface area contributed by atoms with Gasteiger partial charge < -0.3 is 5.11 Å². The third-order valence-electron chi connectivity index (χ3n) is 3.28. The molecule has 0 aliphatic rings. The molecule has 0 saturated carbocycles. The average molecular weight is 352 g/mol. The summed E-state index contributed by atoms with van der Waals surface area (Å²) >= 11 is 5.97. The van der Waals surface area contributed by atoms with E-state index in [0.717, 1.165) is 18.0 Å². The Balaban J connectivity index is 2.40. The highest BCUT2D eigenvalue weighted by atomic mass is 35.5. The number of carbonyl (C=O) groups is 1. The zero-order chi connectivity index (χ0) is 16.8. The van der Waals surface area contributed by atoms with Gasteiger partial charge in [-0.1, -0.05) is 29.3 Å². The van der Waals surface area contributed by atoms with E-state index >= 15 is 0 Å². The molecule has 0 radical (unpaired) electrons. The van der Waals surface area contributed by atoms with Gasteiger partial charge in [0.2, 0.25) is 0 Å². The molecule has 0 amide bonds. The Kier molecular flexibility index (Phi) is 3.57. The van der Waals surface area contributed by atoms with Gasteiger partial charge >= 0.3 is 5.97 Å². The molecule has 0 aliphatic carbocycles. The maximum absolute atomic E-state index is 12.9. The Morgan fingerprint density at radius 2 is 1.87 bits per heavy atom. The molecular formula is C14H10ClN3O4S. The third-order valence-corrected chi connectivity index (χ3v) is 5.28. The van der Waals surface area contributed by atoms with E-state index in [2.05, 4.69) is 9.97 Å². The smallest absolute Gasteiger partial charge is 0.353 e. The van der Waals surface area contributed by atoms with Gasteiger partial charge in [0.15, 0.2) is 5.15 Å². The van der Waals surface area contributed by atoms with Gasteiger partial charge in [-0.2, -0.15) is 0 Å². The number of aromatic carboxylic acids is 1. The molecule has 3 aromatic rings. The molecule has 0 atom stereocenters. The number of aromatic nitrogens is 3. The maximum Gasteiger partial charge on any atom is 0.353 e. The number of carboxylic acid groups (broad SMARTS) is 1. The molecule has 0 aliphatic heterocycles. The molecule has 9 heteroatoms. The number of nitrogens with zero attached hydrogens (tertiary/aromatic N) is 3. The minimum atomic E-state index is -4.17. The van der Waals surface area contributed by atoms with Crippen LogP contribution in [0.3, 0.4) is 0 Å². The van der Waals surface area contributed by atoms with Gasteiger partial charge in [-0.15, -0.1) is 0 Å². The molecule has 0 saturated heterocycles. The number of halogens is 1. The van der Waals surface area contributed by atoms with Crippen LogP contribution in [0.1, 0.15) is 16.1 Å². The first-order valence-electron chi connectivity index (χ1n) is 6.40. The highest BCUT2D eigenvalue weighted by molar-refractivity contribution is 7.90. The Labute approximate surface area is 136 Å². The second-order valence-corrected chi connectivity index (χ2v) is 6.96. The molecule has 0 bridgehead atoms. The van der Waals surface area contributed by atoms with Crippen LogP contribution in [0, 0.1) is 6.92 Å². The SMILES string of the molecule is Cc1ccc(S(=O)(=O)n2c(C(=O)O)cc3ncnc(Cl)c32)cc1. The van der Waals surface area contributed by atoms with Crippen molar-refractivity contribution in [3.63, 3.8) is 0 Å². The fourth-order valence-corrected chi connectivity index (χ4v) is 3.96. The molecule has 3 rings (SSSR count). The second-order valence-electron chi connectivity index (χ2n) is 4.82. The van der Waals surface area contributed by atoms with Crippen molar-refractivity contribution in [2.75, 3.05) is 0 Å². The van der Waals surface area contributed by atoms with Crippen molar-refractivity contribution < 1.29 is 18.3 Å². The summed E-state index contributed by atoms with van der Waals surface area (Å²) in [5.41, 5.74) is 0.495. The van der Waals surface area contributed by atoms with Crippen LogP contribution in [0.15, 0.2) is 41.6 Å². The summed E-state index contributed by atoms with van der Waals surface area (Å²) in [5.74, 6) is -1.41. The van der Waals surface area contributed by atoms with Crippen molar-refractivity contribution in [1.29, 1.82) is 0 Å².